The average molecular weight is 317 g/mol. The van der Waals surface area contributed by atoms with Crippen LogP contribution in [0.2, 0.25) is 0 Å². The van der Waals surface area contributed by atoms with E-state index in [9.17, 15) is 0 Å². The summed E-state index contributed by atoms with van der Waals surface area (Å²) in [5.74, 6) is 2.22. The molecule has 0 aliphatic carbocycles. The van der Waals surface area contributed by atoms with E-state index in [-0.39, 0.29) is 0 Å². The molecule has 0 fully saturated rings. The third-order valence-corrected chi connectivity index (χ3v) is 4.51. The van der Waals surface area contributed by atoms with Gasteiger partial charge < -0.3 is 10.6 Å². The summed E-state index contributed by atoms with van der Waals surface area (Å²) in [6.45, 7) is 7.88. The highest BCUT2D eigenvalue weighted by Crippen LogP contribution is 2.22. The van der Waals surface area contributed by atoms with Crippen molar-refractivity contribution in [2.24, 2.45) is 0 Å². The summed E-state index contributed by atoms with van der Waals surface area (Å²) < 4.78 is 0.981. The number of anilines is 1. The molecule has 1 rings (SSSR count). The molecule has 2 nitrogen and oxygen atoms in total. The van der Waals surface area contributed by atoms with Crippen LogP contribution in [0.15, 0.2) is 22.7 Å². The van der Waals surface area contributed by atoms with E-state index in [1.165, 1.54) is 17.9 Å². The minimum atomic E-state index is 0.826. The number of benzene rings is 1. The van der Waals surface area contributed by atoms with Gasteiger partial charge in [-0.3, -0.25) is 0 Å². The van der Waals surface area contributed by atoms with Crippen LogP contribution >= 0.6 is 27.7 Å². The van der Waals surface area contributed by atoms with E-state index in [0.717, 1.165) is 29.0 Å². The topological polar surface area (TPSA) is 29.3 Å². The van der Waals surface area contributed by atoms with Crippen LogP contribution in [0.5, 0.6) is 0 Å². The van der Waals surface area contributed by atoms with Crippen LogP contribution < -0.4 is 5.73 Å². The fourth-order valence-electron chi connectivity index (χ4n) is 1.61. The zero-order valence-corrected chi connectivity index (χ0v) is 13.0. The zero-order chi connectivity index (χ0) is 12.7. The van der Waals surface area contributed by atoms with Gasteiger partial charge in [-0.05, 0) is 46.7 Å². The second-order valence-corrected chi connectivity index (χ2v) is 5.89. The molecule has 0 unspecified atom stereocenters. The molecule has 0 radical (unpaired) electrons. The Kier molecular flexibility index (Phi) is 7.00. The van der Waals surface area contributed by atoms with E-state index in [1.807, 2.05) is 17.8 Å². The van der Waals surface area contributed by atoms with Gasteiger partial charge in [0.1, 0.15) is 0 Å². The smallest absolute Gasteiger partial charge is 0.0461 e. The summed E-state index contributed by atoms with van der Waals surface area (Å²) in [5, 5.41) is 0. The molecule has 0 aliphatic rings. The van der Waals surface area contributed by atoms with Gasteiger partial charge in [-0.25, -0.2) is 0 Å². The molecule has 17 heavy (non-hydrogen) atoms. The summed E-state index contributed by atoms with van der Waals surface area (Å²) in [5.41, 5.74) is 7.98. The first-order chi connectivity index (χ1) is 8.17. The first kappa shape index (κ1) is 14.9. The molecule has 1 aromatic carbocycles. The maximum atomic E-state index is 5.85. The lowest BCUT2D eigenvalue weighted by Crippen LogP contribution is -2.25. The van der Waals surface area contributed by atoms with E-state index >= 15 is 0 Å². The molecule has 0 atom stereocenters. The molecule has 0 aromatic heterocycles. The van der Waals surface area contributed by atoms with Gasteiger partial charge in [0, 0.05) is 28.2 Å². The van der Waals surface area contributed by atoms with Crippen molar-refractivity contribution in [1.29, 1.82) is 0 Å². The molecule has 0 aliphatic heterocycles. The molecule has 0 heterocycles. The number of nitrogen functional groups attached to an aromatic ring is 1. The fraction of sp³-hybridized carbons (Fsp3) is 0.538. The van der Waals surface area contributed by atoms with Crippen molar-refractivity contribution < 1.29 is 0 Å². The number of thioether (sulfide) groups is 1. The Bertz CT molecular complexity index is 340. The number of hydrogen-bond donors (Lipinski definition) is 1. The predicted molar refractivity (Wildman–Crippen MR) is 82.5 cm³/mol. The lowest BCUT2D eigenvalue weighted by molar-refractivity contribution is 0.324. The molecule has 4 heteroatoms. The predicted octanol–water partition coefficient (Wildman–Crippen LogP) is 3.61. The van der Waals surface area contributed by atoms with E-state index in [2.05, 4.69) is 46.8 Å². The highest BCUT2D eigenvalue weighted by molar-refractivity contribution is 9.10. The summed E-state index contributed by atoms with van der Waals surface area (Å²) in [6.07, 6.45) is 0. The highest BCUT2D eigenvalue weighted by atomic mass is 79.9. The van der Waals surface area contributed by atoms with Crippen LogP contribution in [-0.4, -0.2) is 30.3 Å². The molecule has 0 amide bonds. The van der Waals surface area contributed by atoms with Crippen molar-refractivity contribution in [3.05, 3.63) is 28.2 Å². The lowest BCUT2D eigenvalue weighted by atomic mass is 10.2. The number of nitrogens with two attached hydrogens (primary N) is 1. The third-order valence-electron chi connectivity index (χ3n) is 2.78. The zero-order valence-electron chi connectivity index (χ0n) is 10.6. The van der Waals surface area contributed by atoms with Crippen LogP contribution in [0.25, 0.3) is 0 Å². The molecule has 96 valence electrons. The average Bonchev–Trinajstić information content (AvgIpc) is 2.34. The molecule has 0 spiro atoms. The number of halogens is 1. The number of nitrogens with zero attached hydrogens (tertiary/aromatic N) is 1. The summed E-state index contributed by atoms with van der Waals surface area (Å²) in [7, 11) is 0. The highest BCUT2D eigenvalue weighted by Gasteiger charge is 2.01. The van der Waals surface area contributed by atoms with Gasteiger partial charge in [0.2, 0.25) is 0 Å². The SMILES string of the molecule is CCN(CC)CCSCc1ccc(Br)c(N)c1. The van der Waals surface area contributed by atoms with Crippen molar-refractivity contribution in [3.63, 3.8) is 0 Å². The van der Waals surface area contributed by atoms with E-state index in [0.29, 0.717) is 0 Å². The fourth-order valence-corrected chi connectivity index (χ4v) is 2.80. The van der Waals surface area contributed by atoms with Crippen LogP contribution in [0.4, 0.5) is 5.69 Å². The molecule has 0 bridgehead atoms. The number of rotatable bonds is 7. The largest absolute Gasteiger partial charge is 0.398 e. The molecule has 0 saturated carbocycles. The van der Waals surface area contributed by atoms with Gasteiger partial charge in [0.15, 0.2) is 0 Å². The van der Waals surface area contributed by atoms with Crippen LogP contribution in [0.3, 0.4) is 0 Å². The summed E-state index contributed by atoms with van der Waals surface area (Å²) in [4.78, 5) is 2.45. The normalized spacial score (nSPS) is 11.1. The standard InChI is InChI=1S/C13H21BrN2S/c1-3-16(4-2)7-8-17-10-11-5-6-12(14)13(15)9-11/h5-6,9H,3-4,7-8,10,15H2,1-2H3. The Morgan fingerprint density at radius 1 is 1.29 bits per heavy atom. The van der Waals surface area contributed by atoms with Crippen molar-refractivity contribution in [3.8, 4) is 0 Å². The molecule has 2 N–H and O–H groups in total. The Labute approximate surface area is 117 Å². The van der Waals surface area contributed by atoms with Crippen molar-refractivity contribution in [1.82, 2.24) is 4.90 Å². The third kappa shape index (κ3) is 5.32. The van der Waals surface area contributed by atoms with Crippen LogP contribution in [0, 0.1) is 0 Å². The van der Waals surface area contributed by atoms with Gasteiger partial charge in [-0.1, -0.05) is 19.9 Å². The Morgan fingerprint density at radius 3 is 2.59 bits per heavy atom. The minimum Gasteiger partial charge on any atom is -0.398 e. The summed E-state index contributed by atoms with van der Waals surface area (Å²) >= 11 is 5.38. The Hall–Kier alpha value is -0.190. The van der Waals surface area contributed by atoms with Gasteiger partial charge in [-0.15, -0.1) is 0 Å². The monoisotopic (exact) mass is 316 g/mol. The number of hydrogen-bond acceptors (Lipinski definition) is 3. The molecule has 1 aromatic rings. The van der Waals surface area contributed by atoms with Gasteiger partial charge in [-0.2, -0.15) is 11.8 Å². The van der Waals surface area contributed by atoms with Crippen LogP contribution in [0.1, 0.15) is 19.4 Å². The van der Waals surface area contributed by atoms with Gasteiger partial charge in [0.05, 0.1) is 0 Å². The van der Waals surface area contributed by atoms with Gasteiger partial charge in [0.25, 0.3) is 0 Å². The second kappa shape index (κ2) is 8.01. The first-order valence-corrected chi connectivity index (χ1v) is 7.96. The molecular weight excluding hydrogens is 296 g/mol. The van der Waals surface area contributed by atoms with E-state index in [4.69, 9.17) is 5.73 Å². The first-order valence-electron chi connectivity index (χ1n) is 6.01. The Morgan fingerprint density at radius 2 is 2.00 bits per heavy atom. The molecule has 0 saturated heterocycles. The summed E-state index contributed by atoms with van der Waals surface area (Å²) in [6, 6.07) is 6.20. The maximum absolute atomic E-state index is 5.85. The van der Waals surface area contributed by atoms with Crippen molar-refractivity contribution >= 4 is 33.4 Å². The van der Waals surface area contributed by atoms with E-state index < -0.39 is 0 Å². The minimum absolute atomic E-state index is 0.826. The Balaban J connectivity index is 2.28. The quantitative estimate of drug-likeness (QED) is 0.615. The maximum Gasteiger partial charge on any atom is 0.0461 e. The van der Waals surface area contributed by atoms with E-state index in [1.54, 1.807) is 0 Å². The lowest BCUT2D eigenvalue weighted by Gasteiger charge is -2.17. The van der Waals surface area contributed by atoms with Crippen molar-refractivity contribution in [2.45, 2.75) is 19.6 Å². The van der Waals surface area contributed by atoms with Gasteiger partial charge >= 0.3 is 0 Å². The van der Waals surface area contributed by atoms with Crippen LogP contribution in [-0.2, 0) is 5.75 Å². The van der Waals surface area contributed by atoms with Crippen molar-refractivity contribution in [2.75, 3.05) is 31.1 Å². The molecular formula is C13H21BrN2S. The second-order valence-electron chi connectivity index (χ2n) is 3.94.